The molecule has 0 heterocycles. The third-order valence-electron chi connectivity index (χ3n) is 3.55. The van der Waals surface area contributed by atoms with Crippen molar-refractivity contribution >= 4 is 11.4 Å². The van der Waals surface area contributed by atoms with Gasteiger partial charge in [-0.2, -0.15) is 0 Å². The maximum absolute atomic E-state index is 9.48. The van der Waals surface area contributed by atoms with Crippen LogP contribution in [0.15, 0.2) is 24.3 Å². The normalized spacial score (nSPS) is 18.6. The van der Waals surface area contributed by atoms with Crippen molar-refractivity contribution in [2.24, 2.45) is 5.41 Å². The molecule has 4 N–H and O–H groups in total. The van der Waals surface area contributed by atoms with Crippen LogP contribution in [0.4, 0.5) is 11.4 Å². The van der Waals surface area contributed by atoms with Crippen LogP contribution in [0, 0.1) is 5.41 Å². The van der Waals surface area contributed by atoms with Crippen molar-refractivity contribution in [1.29, 1.82) is 0 Å². The fourth-order valence-electron chi connectivity index (χ4n) is 2.45. The molecule has 0 aliphatic heterocycles. The molecular formula is C13H20N2O. The van der Waals surface area contributed by atoms with E-state index in [4.69, 9.17) is 5.73 Å². The highest BCUT2D eigenvalue weighted by molar-refractivity contribution is 5.54. The van der Waals surface area contributed by atoms with Crippen LogP contribution < -0.4 is 11.1 Å². The van der Waals surface area contributed by atoms with Crippen molar-refractivity contribution in [3.05, 3.63) is 24.3 Å². The molecule has 1 aromatic carbocycles. The summed E-state index contributed by atoms with van der Waals surface area (Å²) in [5.74, 6) is 0. The van der Waals surface area contributed by atoms with Crippen LogP contribution in [0.25, 0.3) is 0 Å². The number of hydrogen-bond acceptors (Lipinski definition) is 3. The van der Waals surface area contributed by atoms with Gasteiger partial charge < -0.3 is 16.2 Å². The van der Waals surface area contributed by atoms with Crippen LogP contribution in [0.2, 0.25) is 0 Å². The fourth-order valence-corrected chi connectivity index (χ4v) is 2.45. The van der Waals surface area contributed by atoms with Crippen molar-refractivity contribution in [1.82, 2.24) is 0 Å². The maximum Gasteiger partial charge on any atom is 0.0504 e. The number of aliphatic hydroxyl groups excluding tert-OH is 1. The highest BCUT2D eigenvalue weighted by Gasteiger charge is 2.32. The summed E-state index contributed by atoms with van der Waals surface area (Å²) in [5, 5.41) is 12.9. The standard InChI is InChI=1S/C13H20N2O/c14-11-4-3-5-12(8-11)15-9-13(10-16)6-1-2-7-13/h3-5,8,15-16H,1-2,6-7,9-10,14H2. The lowest BCUT2D eigenvalue weighted by Crippen LogP contribution is -2.30. The third-order valence-corrected chi connectivity index (χ3v) is 3.55. The Labute approximate surface area is 96.7 Å². The van der Waals surface area contributed by atoms with E-state index in [9.17, 15) is 5.11 Å². The topological polar surface area (TPSA) is 58.3 Å². The van der Waals surface area contributed by atoms with Crippen LogP contribution >= 0.6 is 0 Å². The maximum atomic E-state index is 9.48. The monoisotopic (exact) mass is 220 g/mol. The van der Waals surface area contributed by atoms with E-state index < -0.39 is 0 Å². The number of nitrogens with one attached hydrogen (secondary N) is 1. The van der Waals surface area contributed by atoms with Gasteiger partial charge in [-0.3, -0.25) is 0 Å². The Morgan fingerprint density at radius 2 is 2.06 bits per heavy atom. The number of rotatable bonds is 4. The molecule has 0 amide bonds. The minimum atomic E-state index is 0.0879. The Hall–Kier alpha value is -1.22. The summed E-state index contributed by atoms with van der Waals surface area (Å²) in [6.45, 7) is 1.12. The largest absolute Gasteiger partial charge is 0.399 e. The van der Waals surface area contributed by atoms with Gasteiger partial charge >= 0.3 is 0 Å². The van der Waals surface area contributed by atoms with Gasteiger partial charge in [-0.05, 0) is 31.0 Å². The highest BCUT2D eigenvalue weighted by atomic mass is 16.3. The SMILES string of the molecule is Nc1cccc(NCC2(CO)CCCC2)c1. The van der Waals surface area contributed by atoms with Crippen molar-refractivity contribution < 1.29 is 5.11 Å². The van der Waals surface area contributed by atoms with Gasteiger partial charge in [-0.25, -0.2) is 0 Å². The molecule has 88 valence electrons. The van der Waals surface area contributed by atoms with Gasteiger partial charge in [0.2, 0.25) is 0 Å². The van der Waals surface area contributed by atoms with Gasteiger partial charge in [0.1, 0.15) is 0 Å². The Balaban J connectivity index is 1.95. The third kappa shape index (κ3) is 2.47. The number of hydrogen-bond donors (Lipinski definition) is 3. The molecule has 1 saturated carbocycles. The fraction of sp³-hybridized carbons (Fsp3) is 0.538. The van der Waals surface area contributed by atoms with E-state index in [-0.39, 0.29) is 12.0 Å². The van der Waals surface area contributed by atoms with Crippen molar-refractivity contribution in [3.8, 4) is 0 Å². The summed E-state index contributed by atoms with van der Waals surface area (Å²) in [5.41, 5.74) is 7.62. The lowest BCUT2D eigenvalue weighted by Gasteiger charge is -2.27. The summed E-state index contributed by atoms with van der Waals surface area (Å²) < 4.78 is 0. The number of aliphatic hydroxyl groups is 1. The average molecular weight is 220 g/mol. The Morgan fingerprint density at radius 3 is 2.69 bits per heavy atom. The van der Waals surface area contributed by atoms with Gasteiger partial charge in [-0.1, -0.05) is 18.9 Å². The predicted octanol–water partition coefficient (Wildman–Crippen LogP) is 2.23. The minimum absolute atomic E-state index is 0.0879. The Morgan fingerprint density at radius 1 is 1.31 bits per heavy atom. The number of nitrogens with two attached hydrogens (primary N) is 1. The zero-order valence-corrected chi connectivity index (χ0v) is 9.58. The van der Waals surface area contributed by atoms with E-state index in [1.54, 1.807) is 0 Å². The molecule has 0 radical (unpaired) electrons. The zero-order valence-electron chi connectivity index (χ0n) is 9.58. The van der Waals surface area contributed by atoms with E-state index in [0.29, 0.717) is 0 Å². The first-order valence-electron chi connectivity index (χ1n) is 5.94. The highest BCUT2D eigenvalue weighted by Crippen LogP contribution is 2.37. The minimum Gasteiger partial charge on any atom is -0.399 e. The molecule has 0 unspecified atom stereocenters. The molecule has 0 spiro atoms. The number of benzene rings is 1. The van der Waals surface area contributed by atoms with E-state index in [1.165, 1.54) is 12.8 Å². The molecule has 16 heavy (non-hydrogen) atoms. The number of nitrogen functional groups attached to an aromatic ring is 1. The number of anilines is 2. The van der Waals surface area contributed by atoms with Crippen LogP contribution in [-0.4, -0.2) is 18.3 Å². The van der Waals surface area contributed by atoms with E-state index in [1.807, 2.05) is 24.3 Å². The summed E-state index contributed by atoms with van der Waals surface area (Å²) in [7, 11) is 0. The van der Waals surface area contributed by atoms with Crippen LogP contribution in [0.1, 0.15) is 25.7 Å². The molecular weight excluding hydrogens is 200 g/mol. The van der Waals surface area contributed by atoms with E-state index in [0.717, 1.165) is 30.8 Å². The summed E-state index contributed by atoms with van der Waals surface area (Å²) in [6.07, 6.45) is 4.72. The molecule has 0 atom stereocenters. The molecule has 1 fully saturated rings. The van der Waals surface area contributed by atoms with Gasteiger partial charge in [0.25, 0.3) is 0 Å². The van der Waals surface area contributed by atoms with Crippen molar-refractivity contribution in [3.63, 3.8) is 0 Å². The Kier molecular flexibility index (Phi) is 3.34. The summed E-state index contributed by atoms with van der Waals surface area (Å²) in [6, 6.07) is 7.76. The predicted molar refractivity (Wildman–Crippen MR) is 67.3 cm³/mol. The molecule has 2 rings (SSSR count). The van der Waals surface area contributed by atoms with Crippen LogP contribution in [0.5, 0.6) is 0 Å². The molecule has 1 aliphatic carbocycles. The first kappa shape index (κ1) is 11.3. The summed E-state index contributed by atoms with van der Waals surface area (Å²) >= 11 is 0. The van der Waals surface area contributed by atoms with Gasteiger partial charge in [-0.15, -0.1) is 0 Å². The molecule has 0 bridgehead atoms. The van der Waals surface area contributed by atoms with Crippen LogP contribution in [0.3, 0.4) is 0 Å². The molecule has 0 aromatic heterocycles. The van der Waals surface area contributed by atoms with Gasteiger partial charge in [0.15, 0.2) is 0 Å². The van der Waals surface area contributed by atoms with Crippen molar-refractivity contribution in [2.75, 3.05) is 24.2 Å². The lowest BCUT2D eigenvalue weighted by atomic mass is 9.87. The second-order valence-electron chi connectivity index (χ2n) is 4.84. The van der Waals surface area contributed by atoms with Crippen molar-refractivity contribution in [2.45, 2.75) is 25.7 Å². The van der Waals surface area contributed by atoms with E-state index in [2.05, 4.69) is 5.32 Å². The first-order valence-corrected chi connectivity index (χ1v) is 5.94. The Bertz CT molecular complexity index is 346. The van der Waals surface area contributed by atoms with Crippen LogP contribution in [-0.2, 0) is 0 Å². The smallest absolute Gasteiger partial charge is 0.0504 e. The second-order valence-corrected chi connectivity index (χ2v) is 4.84. The average Bonchev–Trinajstić information content (AvgIpc) is 2.76. The zero-order chi connectivity index (χ0) is 11.4. The van der Waals surface area contributed by atoms with E-state index >= 15 is 0 Å². The molecule has 3 heteroatoms. The van der Waals surface area contributed by atoms with Gasteiger partial charge in [0.05, 0.1) is 6.61 Å². The first-order chi connectivity index (χ1) is 7.74. The molecule has 1 aliphatic rings. The molecule has 1 aromatic rings. The lowest BCUT2D eigenvalue weighted by molar-refractivity contribution is 0.142. The quantitative estimate of drug-likeness (QED) is 0.682. The second kappa shape index (κ2) is 4.74. The van der Waals surface area contributed by atoms with Gasteiger partial charge in [0, 0.05) is 23.3 Å². The molecule has 0 saturated heterocycles. The molecule has 3 nitrogen and oxygen atoms in total. The summed E-state index contributed by atoms with van der Waals surface area (Å²) in [4.78, 5) is 0.